The number of allylic oxidation sites excluding steroid dienone is 1. The summed E-state index contributed by atoms with van der Waals surface area (Å²) in [7, 11) is 0. The van der Waals surface area contributed by atoms with E-state index in [1.54, 1.807) is 12.1 Å². The highest BCUT2D eigenvalue weighted by Gasteiger charge is 2.18. The number of urea groups is 1. The molecule has 2 amide bonds. The third-order valence-electron chi connectivity index (χ3n) is 2.71. The quantitative estimate of drug-likeness (QED) is 0.619. The summed E-state index contributed by atoms with van der Waals surface area (Å²) in [5.41, 5.74) is 1.62. The second-order valence-electron chi connectivity index (χ2n) is 4.41. The Labute approximate surface area is 118 Å². The van der Waals surface area contributed by atoms with Crippen LogP contribution in [0.3, 0.4) is 0 Å². The molecule has 2 N–H and O–H groups in total. The van der Waals surface area contributed by atoms with Crippen molar-refractivity contribution in [1.82, 2.24) is 5.32 Å². The number of carbonyl (C=O) groups excluding carboxylic acids is 1. The van der Waals surface area contributed by atoms with Gasteiger partial charge in [0.1, 0.15) is 6.54 Å². The van der Waals surface area contributed by atoms with Crippen molar-refractivity contribution < 1.29 is 14.7 Å². The van der Waals surface area contributed by atoms with E-state index in [9.17, 15) is 9.59 Å². The number of carboxylic acids is 1. The molecule has 5 heteroatoms. The van der Waals surface area contributed by atoms with Gasteiger partial charge in [-0.15, -0.1) is 0 Å². The van der Waals surface area contributed by atoms with Crippen molar-refractivity contribution in [2.75, 3.05) is 18.0 Å². The number of hydrogen-bond donors (Lipinski definition) is 2. The van der Waals surface area contributed by atoms with Gasteiger partial charge < -0.3 is 10.4 Å². The monoisotopic (exact) mass is 276 g/mol. The van der Waals surface area contributed by atoms with Crippen LogP contribution >= 0.6 is 0 Å². The Bertz CT molecular complexity index is 480. The van der Waals surface area contributed by atoms with Gasteiger partial charge in [-0.1, -0.05) is 29.8 Å². The van der Waals surface area contributed by atoms with Crippen molar-refractivity contribution in [3.63, 3.8) is 0 Å². The average molecular weight is 276 g/mol. The first kappa shape index (κ1) is 15.8. The fourth-order valence-corrected chi connectivity index (χ4v) is 1.66. The summed E-state index contributed by atoms with van der Waals surface area (Å²) >= 11 is 0. The normalized spacial score (nSPS) is 10.5. The van der Waals surface area contributed by atoms with E-state index in [1.165, 1.54) is 4.90 Å². The Morgan fingerprint density at radius 3 is 2.50 bits per heavy atom. The van der Waals surface area contributed by atoms with Crippen molar-refractivity contribution >= 4 is 17.7 Å². The largest absolute Gasteiger partial charge is 0.480 e. The highest BCUT2D eigenvalue weighted by atomic mass is 16.4. The molecule has 0 aliphatic carbocycles. The minimum atomic E-state index is -1.05. The van der Waals surface area contributed by atoms with E-state index in [-0.39, 0.29) is 6.54 Å². The number of hydrogen-bond acceptors (Lipinski definition) is 2. The van der Waals surface area contributed by atoms with Crippen molar-refractivity contribution in [2.45, 2.75) is 20.3 Å². The smallest absolute Gasteiger partial charge is 0.323 e. The molecule has 1 rings (SSSR count). The Hall–Kier alpha value is -2.30. The maximum absolute atomic E-state index is 12.1. The van der Waals surface area contributed by atoms with E-state index in [1.807, 2.05) is 38.1 Å². The molecule has 5 nitrogen and oxygen atoms in total. The van der Waals surface area contributed by atoms with Crippen LogP contribution in [0, 0.1) is 6.92 Å². The summed E-state index contributed by atoms with van der Waals surface area (Å²) in [6, 6.07) is 6.77. The molecule has 0 fully saturated rings. The Kier molecular flexibility index (Phi) is 6.29. The van der Waals surface area contributed by atoms with Crippen LogP contribution in [0.4, 0.5) is 10.5 Å². The fourth-order valence-electron chi connectivity index (χ4n) is 1.66. The van der Waals surface area contributed by atoms with E-state index >= 15 is 0 Å². The molecular formula is C15H20N2O3. The zero-order valence-electron chi connectivity index (χ0n) is 11.8. The van der Waals surface area contributed by atoms with E-state index in [0.29, 0.717) is 12.2 Å². The molecule has 0 aliphatic rings. The molecule has 1 aromatic carbocycles. The molecule has 0 atom stereocenters. The first-order valence-corrected chi connectivity index (χ1v) is 6.49. The van der Waals surface area contributed by atoms with Gasteiger partial charge in [0.15, 0.2) is 0 Å². The van der Waals surface area contributed by atoms with Crippen LogP contribution in [-0.2, 0) is 4.79 Å². The molecule has 20 heavy (non-hydrogen) atoms. The Balaban J connectivity index is 2.75. The first-order chi connectivity index (χ1) is 9.54. The topological polar surface area (TPSA) is 69.6 Å². The lowest BCUT2D eigenvalue weighted by Crippen LogP contribution is -2.43. The Morgan fingerprint density at radius 2 is 1.95 bits per heavy atom. The summed E-state index contributed by atoms with van der Waals surface area (Å²) < 4.78 is 0. The summed E-state index contributed by atoms with van der Waals surface area (Å²) in [6.07, 6.45) is 4.56. The predicted octanol–water partition coefficient (Wildman–Crippen LogP) is 2.56. The number of nitrogens with one attached hydrogen (secondary N) is 1. The number of carboxylic acid groups (broad SMARTS) is 1. The van der Waals surface area contributed by atoms with Gasteiger partial charge in [-0.25, -0.2) is 4.79 Å². The molecule has 0 radical (unpaired) electrons. The zero-order valence-corrected chi connectivity index (χ0v) is 11.8. The van der Waals surface area contributed by atoms with Crippen LogP contribution in [0.2, 0.25) is 0 Å². The summed E-state index contributed by atoms with van der Waals surface area (Å²) in [5.74, 6) is -1.05. The summed E-state index contributed by atoms with van der Waals surface area (Å²) in [6.45, 7) is 3.96. The standard InChI is InChI=1S/C15H20N2O3/c1-3-4-5-10-16-15(20)17(11-14(18)19)13-8-6-12(2)7-9-13/h3-4,6-9H,5,10-11H2,1-2H3,(H,16,20)(H,18,19)/b4-3+. The molecular weight excluding hydrogens is 256 g/mol. The molecule has 0 saturated carbocycles. The van der Waals surface area contributed by atoms with Gasteiger partial charge in [-0.05, 0) is 32.4 Å². The number of aryl methyl sites for hydroxylation is 1. The number of nitrogens with zero attached hydrogens (tertiary/aromatic N) is 1. The highest BCUT2D eigenvalue weighted by Crippen LogP contribution is 2.15. The van der Waals surface area contributed by atoms with E-state index in [0.717, 1.165) is 12.0 Å². The molecule has 0 aromatic heterocycles. The Morgan fingerprint density at radius 1 is 1.30 bits per heavy atom. The molecule has 0 unspecified atom stereocenters. The van der Waals surface area contributed by atoms with Gasteiger partial charge >= 0.3 is 12.0 Å². The lowest BCUT2D eigenvalue weighted by Gasteiger charge is -2.21. The molecule has 0 bridgehead atoms. The third-order valence-corrected chi connectivity index (χ3v) is 2.71. The number of benzene rings is 1. The summed E-state index contributed by atoms with van der Waals surface area (Å²) in [4.78, 5) is 24.2. The molecule has 108 valence electrons. The van der Waals surface area contributed by atoms with Crippen LogP contribution < -0.4 is 10.2 Å². The number of amides is 2. The number of rotatable bonds is 6. The third kappa shape index (κ3) is 5.14. The van der Waals surface area contributed by atoms with Gasteiger partial charge in [0, 0.05) is 12.2 Å². The minimum Gasteiger partial charge on any atom is -0.480 e. The maximum atomic E-state index is 12.1. The van der Waals surface area contributed by atoms with Gasteiger partial charge in [0.25, 0.3) is 0 Å². The van der Waals surface area contributed by atoms with E-state index < -0.39 is 12.0 Å². The second kappa shape index (κ2) is 7.99. The fraction of sp³-hybridized carbons (Fsp3) is 0.333. The van der Waals surface area contributed by atoms with E-state index in [2.05, 4.69) is 5.32 Å². The molecule has 0 aliphatic heterocycles. The average Bonchev–Trinajstić information content (AvgIpc) is 2.42. The van der Waals surface area contributed by atoms with Crippen LogP contribution in [0.25, 0.3) is 0 Å². The number of aliphatic carboxylic acids is 1. The van der Waals surface area contributed by atoms with Crippen molar-refractivity contribution in [1.29, 1.82) is 0 Å². The molecule has 0 heterocycles. The van der Waals surface area contributed by atoms with Gasteiger partial charge in [-0.3, -0.25) is 9.69 Å². The maximum Gasteiger partial charge on any atom is 0.323 e. The molecule has 0 saturated heterocycles. The molecule has 1 aromatic rings. The van der Waals surface area contributed by atoms with Crippen molar-refractivity contribution in [3.05, 3.63) is 42.0 Å². The van der Waals surface area contributed by atoms with Crippen molar-refractivity contribution in [2.24, 2.45) is 0 Å². The zero-order chi connectivity index (χ0) is 15.0. The second-order valence-corrected chi connectivity index (χ2v) is 4.41. The van der Waals surface area contributed by atoms with Gasteiger partial charge in [0.2, 0.25) is 0 Å². The van der Waals surface area contributed by atoms with E-state index in [4.69, 9.17) is 5.11 Å². The SMILES string of the molecule is C/C=C/CCNC(=O)N(CC(=O)O)c1ccc(C)cc1. The lowest BCUT2D eigenvalue weighted by molar-refractivity contribution is -0.135. The van der Waals surface area contributed by atoms with Gasteiger partial charge in [0.05, 0.1) is 0 Å². The number of carbonyl (C=O) groups is 2. The van der Waals surface area contributed by atoms with Crippen molar-refractivity contribution in [3.8, 4) is 0 Å². The lowest BCUT2D eigenvalue weighted by atomic mass is 10.2. The number of anilines is 1. The minimum absolute atomic E-state index is 0.363. The van der Waals surface area contributed by atoms with Crippen LogP contribution in [0.5, 0.6) is 0 Å². The van der Waals surface area contributed by atoms with Crippen LogP contribution in [0.1, 0.15) is 18.9 Å². The summed E-state index contributed by atoms with van der Waals surface area (Å²) in [5, 5.41) is 11.6. The predicted molar refractivity (Wildman–Crippen MR) is 79.0 cm³/mol. The van der Waals surface area contributed by atoms with Crippen LogP contribution in [-0.4, -0.2) is 30.2 Å². The first-order valence-electron chi connectivity index (χ1n) is 6.49. The van der Waals surface area contributed by atoms with Crippen LogP contribution in [0.15, 0.2) is 36.4 Å². The van der Waals surface area contributed by atoms with Gasteiger partial charge in [-0.2, -0.15) is 0 Å². The molecule has 0 spiro atoms. The highest BCUT2D eigenvalue weighted by molar-refractivity contribution is 5.96.